The van der Waals surface area contributed by atoms with Crippen LogP contribution in [0.2, 0.25) is 10.2 Å². The molecule has 0 aliphatic rings. The number of para-hydroxylation sites is 1. The summed E-state index contributed by atoms with van der Waals surface area (Å²) < 4.78 is 7.22. The molecule has 2 N–H and O–H groups in total. The molecule has 25 heavy (non-hydrogen) atoms. The maximum Gasteiger partial charge on any atom is 0.191 e. The van der Waals surface area contributed by atoms with Crippen molar-refractivity contribution < 1.29 is 4.74 Å². The highest BCUT2D eigenvalue weighted by molar-refractivity contribution is 6.41. The monoisotopic (exact) mass is 382 g/mol. The van der Waals surface area contributed by atoms with Gasteiger partial charge in [-0.3, -0.25) is 0 Å². The van der Waals surface area contributed by atoms with Gasteiger partial charge in [0.1, 0.15) is 10.9 Å². The highest BCUT2D eigenvalue weighted by Crippen LogP contribution is 2.25. The van der Waals surface area contributed by atoms with Gasteiger partial charge in [-0.25, -0.2) is 4.99 Å². The first-order valence-corrected chi connectivity index (χ1v) is 8.96. The van der Waals surface area contributed by atoms with E-state index in [2.05, 4.69) is 21.7 Å². The zero-order valence-corrected chi connectivity index (χ0v) is 16.3. The number of aliphatic imine (C=N–C) groups is 1. The number of benzene rings is 1. The number of hydrogen-bond acceptors (Lipinski definition) is 2. The van der Waals surface area contributed by atoms with Gasteiger partial charge in [0, 0.05) is 25.8 Å². The minimum absolute atomic E-state index is 0.493. The molecule has 0 saturated carbocycles. The largest absolute Gasteiger partial charge is 0.496 e. The molecule has 0 fully saturated rings. The second kappa shape index (κ2) is 9.59. The standard InChI is InChI=1S/C18H24Cl2N4O/c1-4-21-18(23-12-14-11-15(19)17(20)24(14)2)22-10-9-13-7-5-6-8-16(13)25-3/h5-8,11H,4,9-10,12H2,1-3H3,(H2,21,22,23). The number of nitrogens with one attached hydrogen (secondary N) is 2. The van der Waals surface area contributed by atoms with Crippen molar-refractivity contribution in [2.45, 2.75) is 19.9 Å². The zero-order chi connectivity index (χ0) is 18.2. The van der Waals surface area contributed by atoms with Gasteiger partial charge < -0.3 is 19.9 Å². The van der Waals surface area contributed by atoms with Crippen LogP contribution in [0.15, 0.2) is 35.3 Å². The number of rotatable bonds is 7. The maximum absolute atomic E-state index is 6.09. The van der Waals surface area contributed by atoms with Gasteiger partial charge in [-0.1, -0.05) is 41.4 Å². The molecule has 2 rings (SSSR count). The minimum atomic E-state index is 0.493. The van der Waals surface area contributed by atoms with Gasteiger partial charge in [-0.05, 0) is 31.0 Å². The highest BCUT2D eigenvalue weighted by atomic mass is 35.5. The van der Waals surface area contributed by atoms with Crippen LogP contribution in [0.4, 0.5) is 0 Å². The van der Waals surface area contributed by atoms with Crippen molar-refractivity contribution >= 4 is 29.2 Å². The Morgan fingerprint density at radius 1 is 1.24 bits per heavy atom. The van der Waals surface area contributed by atoms with Gasteiger partial charge in [-0.15, -0.1) is 0 Å². The van der Waals surface area contributed by atoms with E-state index in [1.54, 1.807) is 7.11 Å². The van der Waals surface area contributed by atoms with E-state index in [1.165, 1.54) is 0 Å². The van der Waals surface area contributed by atoms with Crippen molar-refractivity contribution in [2.24, 2.45) is 12.0 Å². The molecule has 0 saturated heterocycles. The summed E-state index contributed by atoms with van der Waals surface area (Å²) in [5.74, 6) is 1.66. The fourth-order valence-electron chi connectivity index (χ4n) is 2.47. The van der Waals surface area contributed by atoms with Gasteiger partial charge in [0.05, 0.1) is 18.7 Å². The molecule has 0 bridgehead atoms. The van der Waals surface area contributed by atoms with Gasteiger partial charge in [-0.2, -0.15) is 0 Å². The Morgan fingerprint density at radius 3 is 2.64 bits per heavy atom. The number of halogens is 2. The molecule has 7 heteroatoms. The first-order valence-electron chi connectivity index (χ1n) is 8.20. The summed E-state index contributed by atoms with van der Waals surface area (Å²) in [6, 6.07) is 9.86. The SMILES string of the molecule is CCNC(=NCc1cc(Cl)c(Cl)n1C)NCCc1ccccc1OC. The average molecular weight is 383 g/mol. The molecule has 1 aromatic carbocycles. The Labute approximate surface area is 159 Å². The van der Waals surface area contributed by atoms with Crippen molar-refractivity contribution in [1.82, 2.24) is 15.2 Å². The van der Waals surface area contributed by atoms with E-state index >= 15 is 0 Å². The predicted molar refractivity (Wildman–Crippen MR) is 105 cm³/mol. The molecule has 0 radical (unpaired) electrons. The van der Waals surface area contributed by atoms with E-state index in [4.69, 9.17) is 27.9 Å². The summed E-state index contributed by atoms with van der Waals surface area (Å²) in [4.78, 5) is 4.60. The van der Waals surface area contributed by atoms with Crippen molar-refractivity contribution in [3.63, 3.8) is 0 Å². The summed E-state index contributed by atoms with van der Waals surface area (Å²) in [5.41, 5.74) is 2.12. The van der Waals surface area contributed by atoms with E-state index < -0.39 is 0 Å². The number of methoxy groups -OCH3 is 1. The quantitative estimate of drug-likeness (QED) is 0.567. The number of aromatic nitrogens is 1. The summed E-state index contributed by atoms with van der Waals surface area (Å²) in [6.45, 7) is 4.07. The first kappa shape index (κ1) is 19.5. The van der Waals surface area contributed by atoms with Crippen LogP contribution >= 0.6 is 23.2 Å². The van der Waals surface area contributed by atoms with E-state index in [1.807, 2.05) is 42.8 Å². The second-order valence-electron chi connectivity index (χ2n) is 5.52. The Bertz CT molecular complexity index is 728. The van der Waals surface area contributed by atoms with Crippen molar-refractivity contribution in [2.75, 3.05) is 20.2 Å². The van der Waals surface area contributed by atoms with E-state index in [0.29, 0.717) is 16.7 Å². The molecule has 0 spiro atoms. The lowest BCUT2D eigenvalue weighted by atomic mass is 10.1. The molecule has 5 nitrogen and oxygen atoms in total. The molecule has 1 aromatic heterocycles. The summed E-state index contributed by atoms with van der Waals surface area (Å²) >= 11 is 12.1. The van der Waals surface area contributed by atoms with E-state index in [0.717, 1.165) is 42.5 Å². The van der Waals surface area contributed by atoms with Crippen LogP contribution in [-0.2, 0) is 20.0 Å². The van der Waals surface area contributed by atoms with Crippen LogP contribution in [0, 0.1) is 0 Å². The minimum Gasteiger partial charge on any atom is -0.496 e. The molecule has 2 aromatic rings. The number of hydrogen-bond donors (Lipinski definition) is 2. The third-order valence-corrected chi connectivity index (χ3v) is 4.68. The molecule has 136 valence electrons. The van der Waals surface area contributed by atoms with Crippen LogP contribution in [-0.4, -0.2) is 30.7 Å². The Hall–Kier alpha value is -1.85. The van der Waals surface area contributed by atoms with Crippen LogP contribution in [0.5, 0.6) is 5.75 Å². The molecule has 0 aliphatic carbocycles. The molecule has 0 unspecified atom stereocenters. The van der Waals surface area contributed by atoms with E-state index in [9.17, 15) is 0 Å². The second-order valence-corrected chi connectivity index (χ2v) is 6.28. The number of guanidine groups is 1. The lowest BCUT2D eigenvalue weighted by molar-refractivity contribution is 0.409. The van der Waals surface area contributed by atoms with Gasteiger partial charge >= 0.3 is 0 Å². The lowest BCUT2D eigenvalue weighted by Gasteiger charge is -2.13. The Kier molecular flexibility index (Phi) is 7.47. The Balaban J connectivity index is 1.96. The Morgan fingerprint density at radius 2 is 2.00 bits per heavy atom. The van der Waals surface area contributed by atoms with Gasteiger partial charge in [0.25, 0.3) is 0 Å². The van der Waals surface area contributed by atoms with Gasteiger partial charge in [0.15, 0.2) is 5.96 Å². The smallest absolute Gasteiger partial charge is 0.191 e. The van der Waals surface area contributed by atoms with E-state index in [-0.39, 0.29) is 0 Å². The molecule has 0 aliphatic heterocycles. The molecule has 0 amide bonds. The lowest BCUT2D eigenvalue weighted by Crippen LogP contribution is -2.38. The maximum atomic E-state index is 6.09. The van der Waals surface area contributed by atoms with Crippen LogP contribution in [0.25, 0.3) is 0 Å². The highest BCUT2D eigenvalue weighted by Gasteiger charge is 2.09. The molecule has 1 heterocycles. The van der Waals surface area contributed by atoms with Crippen molar-refractivity contribution in [3.05, 3.63) is 51.8 Å². The summed E-state index contributed by atoms with van der Waals surface area (Å²) in [6.07, 6.45) is 0.843. The first-order chi connectivity index (χ1) is 12.1. The third-order valence-electron chi connectivity index (χ3n) is 3.84. The third kappa shape index (κ3) is 5.31. The predicted octanol–water partition coefficient (Wildman–Crippen LogP) is 3.64. The zero-order valence-electron chi connectivity index (χ0n) is 14.8. The van der Waals surface area contributed by atoms with Crippen LogP contribution in [0.1, 0.15) is 18.2 Å². The van der Waals surface area contributed by atoms with Gasteiger partial charge in [0.2, 0.25) is 0 Å². The fourth-order valence-corrected chi connectivity index (χ4v) is 2.88. The summed E-state index contributed by atoms with van der Waals surface area (Å²) in [7, 11) is 3.56. The van der Waals surface area contributed by atoms with Crippen LogP contribution in [0.3, 0.4) is 0 Å². The number of nitrogens with zero attached hydrogens (tertiary/aromatic N) is 2. The normalized spacial score (nSPS) is 11.5. The topological polar surface area (TPSA) is 50.6 Å². The van der Waals surface area contributed by atoms with Crippen molar-refractivity contribution in [1.29, 1.82) is 0 Å². The molecule has 0 atom stereocenters. The van der Waals surface area contributed by atoms with Crippen LogP contribution < -0.4 is 15.4 Å². The average Bonchev–Trinajstić information content (AvgIpc) is 2.87. The number of ether oxygens (including phenoxy) is 1. The molecular formula is C18H24Cl2N4O. The fraction of sp³-hybridized carbons (Fsp3) is 0.389. The summed E-state index contributed by atoms with van der Waals surface area (Å²) in [5, 5.41) is 7.65. The van der Waals surface area contributed by atoms with Crippen molar-refractivity contribution in [3.8, 4) is 5.75 Å². The molecular weight excluding hydrogens is 359 g/mol.